The van der Waals surface area contributed by atoms with Gasteiger partial charge in [-0.05, 0) is 5.92 Å². The molecule has 74 valence electrons. The molecule has 1 aliphatic rings. The summed E-state index contributed by atoms with van der Waals surface area (Å²) >= 11 is 0. The van der Waals surface area contributed by atoms with Crippen LogP contribution in [0.15, 0.2) is 0 Å². The third-order valence-corrected chi connectivity index (χ3v) is 2.84. The predicted octanol–water partition coefficient (Wildman–Crippen LogP) is 0.584. The molecule has 1 fully saturated rings. The van der Waals surface area contributed by atoms with Crippen molar-refractivity contribution in [3.8, 4) is 0 Å². The molecule has 0 saturated heterocycles. The fourth-order valence-electron chi connectivity index (χ4n) is 2.09. The van der Waals surface area contributed by atoms with Crippen molar-refractivity contribution in [1.29, 1.82) is 0 Å². The van der Waals surface area contributed by atoms with Crippen molar-refractivity contribution >= 4 is 23.1 Å². The summed E-state index contributed by atoms with van der Waals surface area (Å²) in [6, 6.07) is 0. The molecule has 0 unspecified atom stereocenters. The summed E-state index contributed by atoms with van der Waals surface area (Å²) in [6.07, 6.45) is 12.9. The second kappa shape index (κ2) is 11.3. The first-order valence-electron chi connectivity index (χ1n) is 5.22. The van der Waals surface area contributed by atoms with Crippen molar-refractivity contribution in [2.75, 3.05) is 0 Å². The van der Waals surface area contributed by atoms with Gasteiger partial charge >= 0.3 is 23.1 Å². The number of hydrogen-bond donors (Lipinski definition) is 0. The van der Waals surface area contributed by atoms with Gasteiger partial charge in [-0.2, -0.15) is 6.42 Å². The zero-order chi connectivity index (χ0) is 7.94. The van der Waals surface area contributed by atoms with E-state index in [1.54, 1.807) is 0 Å². The first-order valence-corrected chi connectivity index (χ1v) is 5.22. The van der Waals surface area contributed by atoms with Gasteiger partial charge in [0.05, 0.1) is 0 Å². The SMILES string of the molecule is [Br-].[CH2-]CCCCC1CCCCC1.[Mg+2]. The quantitative estimate of drug-likeness (QED) is 0.393. The van der Waals surface area contributed by atoms with Gasteiger partial charge in [-0.25, -0.2) is 0 Å². The second-order valence-corrected chi connectivity index (χ2v) is 3.85. The van der Waals surface area contributed by atoms with Crippen LogP contribution in [0.4, 0.5) is 0 Å². The van der Waals surface area contributed by atoms with Gasteiger partial charge in [0.25, 0.3) is 0 Å². The van der Waals surface area contributed by atoms with E-state index in [4.69, 9.17) is 0 Å². The molecule has 0 aromatic carbocycles. The van der Waals surface area contributed by atoms with Gasteiger partial charge < -0.3 is 23.9 Å². The van der Waals surface area contributed by atoms with E-state index in [0.717, 1.165) is 12.3 Å². The molecule has 1 saturated carbocycles. The van der Waals surface area contributed by atoms with E-state index in [2.05, 4.69) is 6.92 Å². The maximum atomic E-state index is 3.87. The van der Waals surface area contributed by atoms with Crippen LogP contribution in [0.2, 0.25) is 0 Å². The maximum absolute atomic E-state index is 3.87. The Labute approximate surface area is 110 Å². The molecule has 13 heavy (non-hydrogen) atoms. The molecule has 0 heterocycles. The Morgan fingerprint density at radius 2 is 1.62 bits per heavy atom. The molecule has 0 spiro atoms. The molecule has 0 radical (unpaired) electrons. The van der Waals surface area contributed by atoms with E-state index in [1.165, 1.54) is 51.4 Å². The van der Waals surface area contributed by atoms with Crippen molar-refractivity contribution in [3.63, 3.8) is 0 Å². The third-order valence-electron chi connectivity index (χ3n) is 2.84. The zero-order valence-corrected chi connectivity index (χ0v) is 11.7. The zero-order valence-electron chi connectivity index (χ0n) is 8.73. The van der Waals surface area contributed by atoms with Crippen LogP contribution in [-0.2, 0) is 0 Å². The molecule has 0 aromatic heterocycles. The Hall–Kier alpha value is 1.25. The molecule has 1 aliphatic carbocycles. The maximum Gasteiger partial charge on any atom is 2.00 e. The van der Waals surface area contributed by atoms with Crippen LogP contribution in [-0.4, -0.2) is 23.1 Å². The van der Waals surface area contributed by atoms with E-state index < -0.39 is 0 Å². The number of unbranched alkanes of at least 4 members (excludes halogenated alkanes) is 2. The standard InChI is InChI=1S/C11H21.BrH.Mg/c1-2-3-5-8-11-9-6-4-7-10-11;;/h11H,1-10H2;1H;/q-1;;+2/p-1. The van der Waals surface area contributed by atoms with Crippen LogP contribution in [0.25, 0.3) is 0 Å². The third kappa shape index (κ3) is 8.25. The Morgan fingerprint density at radius 3 is 2.15 bits per heavy atom. The van der Waals surface area contributed by atoms with Crippen LogP contribution >= 0.6 is 0 Å². The number of rotatable bonds is 4. The van der Waals surface area contributed by atoms with E-state index >= 15 is 0 Å². The van der Waals surface area contributed by atoms with Crippen molar-refractivity contribution in [1.82, 2.24) is 0 Å². The van der Waals surface area contributed by atoms with Gasteiger partial charge in [0, 0.05) is 0 Å². The normalized spacial score (nSPS) is 17.3. The summed E-state index contributed by atoms with van der Waals surface area (Å²) < 4.78 is 0. The van der Waals surface area contributed by atoms with Crippen LogP contribution in [0, 0.1) is 12.8 Å². The van der Waals surface area contributed by atoms with Crippen LogP contribution in [0.5, 0.6) is 0 Å². The summed E-state index contributed by atoms with van der Waals surface area (Å²) in [6.45, 7) is 3.87. The Bertz CT molecular complexity index is 90.1. The molecule has 0 nitrogen and oxygen atoms in total. The number of hydrogen-bond acceptors (Lipinski definition) is 0. The molecule has 2 heteroatoms. The smallest absolute Gasteiger partial charge is 1.00 e. The Kier molecular flexibility index (Phi) is 14.5. The monoisotopic (exact) mass is 256 g/mol. The van der Waals surface area contributed by atoms with Crippen LogP contribution in [0.3, 0.4) is 0 Å². The minimum atomic E-state index is 0. The second-order valence-electron chi connectivity index (χ2n) is 3.85. The summed E-state index contributed by atoms with van der Waals surface area (Å²) in [4.78, 5) is 0. The largest absolute Gasteiger partial charge is 2.00 e. The summed E-state index contributed by atoms with van der Waals surface area (Å²) in [5.74, 6) is 1.08. The molecule has 0 aromatic rings. The van der Waals surface area contributed by atoms with E-state index in [0.29, 0.717) is 0 Å². The summed E-state index contributed by atoms with van der Waals surface area (Å²) in [7, 11) is 0. The van der Waals surface area contributed by atoms with Gasteiger partial charge in [-0.15, -0.1) is 0 Å². The average Bonchev–Trinajstić information content (AvgIpc) is 2.07. The molecule has 0 aliphatic heterocycles. The van der Waals surface area contributed by atoms with Crippen molar-refractivity contribution in [3.05, 3.63) is 6.92 Å². The minimum Gasteiger partial charge on any atom is -1.00 e. The molecule has 0 N–H and O–H groups in total. The van der Waals surface area contributed by atoms with Gasteiger partial charge in [0.2, 0.25) is 0 Å². The van der Waals surface area contributed by atoms with Crippen molar-refractivity contribution in [2.24, 2.45) is 5.92 Å². The molecular weight excluding hydrogens is 236 g/mol. The Balaban J connectivity index is 0. The molecule has 0 amide bonds. The van der Waals surface area contributed by atoms with E-state index in [-0.39, 0.29) is 40.0 Å². The molecule has 0 bridgehead atoms. The van der Waals surface area contributed by atoms with Gasteiger partial charge in [-0.3, -0.25) is 0 Å². The van der Waals surface area contributed by atoms with E-state index in [1.807, 2.05) is 0 Å². The van der Waals surface area contributed by atoms with Gasteiger partial charge in [0.15, 0.2) is 0 Å². The fourth-order valence-corrected chi connectivity index (χ4v) is 2.09. The minimum absolute atomic E-state index is 0. The molecular formula is C11H21BrMg. The van der Waals surface area contributed by atoms with Crippen molar-refractivity contribution in [2.45, 2.75) is 57.8 Å². The van der Waals surface area contributed by atoms with Crippen LogP contribution in [0.1, 0.15) is 57.8 Å². The van der Waals surface area contributed by atoms with Crippen LogP contribution < -0.4 is 17.0 Å². The van der Waals surface area contributed by atoms with E-state index in [9.17, 15) is 0 Å². The molecule has 0 atom stereocenters. The van der Waals surface area contributed by atoms with Gasteiger partial charge in [-0.1, -0.05) is 51.4 Å². The average molecular weight is 257 g/mol. The fraction of sp³-hybridized carbons (Fsp3) is 0.909. The van der Waals surface area contributed by atoms with Gasteiger partial charge in [0.1, 0.15) is 0 Å². The first-order chi connectivity index (χ1) is 5.43. The topological polar surface area (TPSA) is 0 Å². The first kappa shape index (κ1) is 16.7. The Morgan fingerprint density at radius 1 is 1.00 bits per heavy atom. The summed E-state index contributed by atoms with van der Waals surface area (Å²) in [5.41, 5.74) is 0. The summed E-state index contributed by atoms with van der Waals surface area (Å²) in [5, 5.41) is 0. The predicted molar refractivity (Wildman–Crippen MR) is 56.2 cm³/mol. The number of halogens is 1. The van der Waals surface area contributed by atoms with Crippen molar-refractivity contribution < 1.29 is 17.0 Å². The molecule has 1 rings (SSSR count).